The Morgan fingerprint density at radius 1 is 0.395 bits per heavy atom. The molecular weight excluding hydrogens is 468 g/mol. The number of aliphatic hydroxyl groups is 2. The van der Waals surface area contributed by atoms with Crippen LogP contribution in [-0.4, -0.2) is 72.9 Å². The summed E-state index contributed by atoms with van der Waals surface area (Å²) < 4.78 is 0.940. The van der Waals surface area contributed by atoms with Gasteiger partial charge in [-0.15, -0.1) is 0 Å². The van der Waals surface area contributed by atoms with Crippen LogP contribution < -0.4 is 0 Å². The maximum Gasteiger partial charge on any atom is 0.365 e. The Balaban J connectivity index is 3.90. The van der Waals surface area contributed by atoms with Gasteiger partial charge < -0.3 is 14.7 Å². The van der Waals surface area contributed by atoms with Crippen molar-refractivity contribution in [2.45, 2.75) is 174 Å². The highest BCUT2D eigenvalue weighted by Crippen LogP contribution is 2.22. The highest BCUT2D eigenvalue weighted by Gasteiger charge is 2.47. The molecular formula is C34H74N2O2+2. The molecule has 0 heterocycles. The topological polar surface area (TPSA) is 40.5 Å². The number of unbranched alkanes of at least 4 members (excludes halogenated alkanes) is 22. The molecule has 0 aromatic carbocycles. The summed E-state index contributed by atoms with van der Waals surface area (Å²) in [5, 5.41) is 22.1. The van der Waals surface area contributed by atoms with Gasteiger partial charge in [0, 0.05) is 0 Å². The van der Waals surface area contributed by atoms with Crippen LogP contribution in [0.1, 0.15) is 168 Å². The number of hydrogen-bond donors (Lipinski definition) is 2. The first-order valence-electron chi connectivity index (χ1n) is 17.2. The third-order valence-electron chi connectivity index (χ3n) is 8.80. The van der Waals surface area contributed by atoms with Gasteiger partial charge in [-0.1, -0.05) is 142 Å². The van der Waals surface area contributed by atoms with Crippen molar-refractivity contribution in [3.8, 4) is 0 Å². The van der Waals surface area contributed by atoms with Crippen LogP contribution in [0.25, 0.3) is 0 Å². The summed E-state index contributed by atoms with van der Waals surface area (Å²) in [5.74, 6) is -1.68. The SMILES string of the molecule is CCCCCCCCCCCCCC[N+](C)(C)CC(O)(O)[N+](C)(C)CCCCCCCCCCCCCC. The van der Waals surface area contributed by atoms with E-state index in [4.69, 9.17) is 0 Å². The van der Waals surface area contributed by atoms with Crippen LogP contribution in [0.5, 0.6) is 0 Å². The highest BCUT2D eigenvalue weighted by molar-refractivity contribution is 4.55. The van der Waals surface area contributed by atoms with E-state index in [1.165, 1.54) is 148 Å². The number of rotatable bonds is 29. The first kappa shape index (κ1) is 37.8. The molecule has 0 fully saturated rings. The standard InChI is InChI=1S/C34H74N2O2/c1-7-9-11-13-15-17-19-21-23-25-27-29-31-35(3,4)33-34(37,38)36(5,6)32-30-28-26-24-22-20-18-16-14-12-10-8-2/h37-38H,7-33H2,1-6H3/q+2. The molecule has 38 heavy (non-hydrogen) atoms. The van der Waals surface area contributed by atoms with Crippen molar-refractivity contribution in [2.75, 3.05) is 47.8 Å². The molecule has 2 N–H and O–H groups in total. The van der Waals surface area contributed by atoms with E-state index in [9.17, 15) is 10.2 Å². The molecule has 0 aliphatic rings. The Morgan fingerprint density at radius 2 is 0.658 bits per heavy atom. The van der Waals surface area contributed by atoms with Crippen LogP contribution in [0.3, 0.4) is 0 Å². The molecule has 0 aliphatic carbocycles. The lowest BCUT2D eigenvalue weighted by Gasteiger charge is -2.44. The summed E-state index contributed by atoms with van der Waals surface area (Å²) in [4.78, 5) is 0. The zero-order valence-electron chi connectivity index (χ0n) is 27.4. The van der Waals surface area contributed by atoms with Gasteiger partial charge in [-0.2, -0.15) is 0 Å². The Labute approximate surface area is 240 Å². The Hall–Kier alpha value is -0.160. The van der Waals surface area contributed by atoms with Crippen LogP contribution in [0.2, 0.25) is 0 Å². The van der Waals surface area contributed by atoms with Crippen LogP contribution in [0, 0.1) is 0 Å². The van der Waals surface area contributed by atoms with Crippen molar-refractivity contribution >= 4 is 0 Å². The van der Waals surface area contributed by atoms with E-state index in [0.717, 1.165) is 19.5 Å². The second-order valence-electron chi connectivity index (χ2n) is 13.8. The quantitative estimate of drug-likeness (QED) is 0.0562. The molecule has 4 nitrogen and oxygen atoms in total. The molecule has 0 spiro atoms. The molecule has 0 aromatic rings. The van der Waals surface area contributed by atoms with E-state index >= 15 is 0 Å². The molecule has 0 aromatic heterocycles. The molecule has 4 heteroatoms. The summed E-state index contributed by atoms with van der Waals surface area (Å²) in [6.45, 7) is 6.78. The molecule has 0 radical (unpaired) electrons. The fourth-order valence-electron chi connectivity index (χ4n) is 5.75. The number of likely N-dealkylation sites (N-methyl/N-ethyl adjacent to an activating group) is 2. The van der Waals surface area contributed by atoms with Gasteiger partial charge in [-0.3, -0.25) is 4.48 Å². The van der Waals surface area contributed by atoms with E-state index in [2.05, 4.69) is 27.9 Å². The summed E-state index contributed by atoms with van der Waals surface area (Å²) >= 11 is 0. The summed E-state index contributed by atoms with van der Waals surface area (Å²) in [6.07, 6.45) is 32.3. The number of hydrogen-bond acceptors (Lipinski definition) is 2. The van der Waals surface area contributed by atoms with Gasteiger partial charge in [-0.05, 0) is 25.7 Å². The lowest BCUT2D eigenvalue weighted by Crippen LogP contribution is -2.67. The van der Waals surface area contributed by atoms with Crippen molar-refractivity contribution in [3.63, 3.8) is 0 Å². The van der Waals surface area contributed by atoms with Crippen molar-refractivity contribution in [1.29, 1.82) is 0 Å². The maximum atomic E-state index is 11.1. The largest absolute Gasteiger partial charge is 0.365 e. The second kappa shape index (κ2) is 23.5. The average molecular weight is 543 g/mol. The van der Waals surface area contributed by atoms with Gasteiger partial charge in [0.25, 0.3) is 0 Å². The summed E-state index contributed by atoms with van der Waals surface area (Å²) in [5.41, 5.74) is 0. The van der Waals surface area contributed by atoms with Crippen LogP contribution >= 0.6 is 0 Å². The van der Waals surface area contributed by atoms with E-state index in [-0.39, 0.29) is 4.48 Å². The zero-order chi connectivity index (χ0) is 28.6. The zero-order valence-corrected chi connectivity index (χ0v) is 27.4. The molecule has 0 rings (SSSR count). The second-order valence-corrected chi connectivity index (χ2v) is 13.8. The third kappa shape index (κ3) is 21.6. The fraction of sp³-hybridized carbons (Fsp3) is 1.00. The van der Waals surface area contributed by atoms with Gasteiger partial charge in [0.2, 0.25) is 0 Å². The van der Waals surface area contributed by atoms with Gasteiger partial charge >= 0.3 is 5.91 Å². The predicted molar refractivity (Wildman–Crippen MR) is 168 cm³/mol. The van der Waals surface area contributed by atoms with Crippen molar-refractivity contribution < 1.29 is 19.2 Å². The predicted octanol–water partition coefficient (Wildman–Crippen LogP) is 9.18. The highest BCUT2D eigenvalue weighted by atomic mass is 16.5. The van der Waals surface area contributed by atoms with Gasteiger partial charge in [0.05, 0.1) is 41.3 Å². The summed E-state index contributed by atoms with van der Waals surface area (Å²) in [7, 11) is 8.29. The molecule has 0 aliphatic heterocycles. The molecule has 0 unspecified atom stereocenters. The van der Waals surface area contributed by atoms with E-state index in [1.807, 2.05) is 14.1 Å². The lowest BCUT2D eigenvalue weighted by atomic mass is 10.0. The van der Waals surface area contributed by atoms with E-state index in [0.29, 0.717) is 11.0 Å². The smallest absolute Gasteiger partial charge is 0.319 e. The van der Waals surface area contributed by atoms with Crippen molar-refractivity contribution in [1.82, 2.24) is 0 Å². The normalized spacial score (nSPS) is 12.9. The van der Waals surface area contributed by atoms with E-state index in [1.54, 1.807) is 0 Å². The third-order valence-corrected chi connectivity index (χ3v) is 8.80. The van der Waals surface area contributed by atoms with Gasteiger partial charge in [-0.25, -0.2) is 0 Å². The van der Waals surface area contributed by atoms with Crippen molar-refractivity contribution in [2.24, 2.45) is 0 Å². The maximum absolute atomic E-state index is 11.1. The van der Waals surface area contributed by atoms with Crippen LogP contribution in [-0.2, 0) is 0 Å². The average Bonchev–Trinajstić information content (AvgIpc) is 2.84. The number of nitrogens with zero attached hydrogens (tertiary/aromatic N) is 2. The Morgan fingerprint density at radius 3 is 0.974 bits per heavy atom. The molecule has 0 bridgehead atoms. The molecule has 0 atom stereocenters. The molecule has 230 valence electrons. The Bertz CT molecular complexity index is 505. The van der Waals surface area contributed by atoms with Gasteiger partial charge in [0.15, 0.2) is 6.54 Å². The van der Waals surface area contributed by atoms with E-state index < -0.39 is 5.91 Å². The Kier molecular flexibility index (Phi) is 23.4. The lowest BCUT2D eigenvalue weighted by molar-refractivity contribution is -1.03. The molecule has 0 saturated heterocycles. The minimum atomic E-state index is -1.68. The number of quaternary nitrogens is 2. The fourth-order valence-corrected chi connectivity index (χ4v) is 5.75. The van der Waals surface area contributed by atoms with Gasteiger partial charge in [0.1, 0.15) is 0 Å². The first-order chi connectivity index (χ1) is 18.1. The van der Waals surface area contributed by atoms with Crippen LogP contribution in [0.15, 0.2) is 0 Å². The minimum absolute atomic E-state index is 0.269. The molecule has 0 amide bonds. The van der Waals surface area contributed by atoms with Crippen molar-refractivity contribution in [3.05, 3.63) is 0 Å². The molecule has 0 saturated carbocycles. The first-order valence-corrected chi connectivity index (χ1v) is 17.2. The summed E-state index contributed by atoms with van der Waals surface area (Å²) in [6, 6.07) is 0. The minimum Gasteiger partial charge on any atom is -0.319 e. The monoisotopic (exact) mass is 543 g/mol. The van der Waals surface area contributed by atoms with Crippen LogP contribution in [0.4, 0.5) is 0 Å².